The minimum Gasteiger partial charge on any atom is -0.344 e. The van der Waals surface area contributed by atoms with E-state index < -0.39 is 0 Å². The number of carbonyl (C=O) groups excluding carboxylic acids is 1. The number of hydrogen-bond acceptors (Lipinski definition) is 4. The highest BCUT2D eigenvalue weighted by atomic mass is 16.2. The Morgan fingerprint density at radius 2 is 1.69 bits per heavy atom. The summed E-state index contributed by atoms with van der Waals surface area (Å²) in [4.78, 5) is 12.3. The Labute approximate surface area is 153 Å². The van der Waals surface area contributed by atoms with Gasteiger partial charge in [0.1, 0.15) is 0 Å². The van der Waals surface area contributed by atoms with E-state index in [9.17, 15) is 4.79 Å². The first-order valence-electron chi connectivity index (χ1n) is 8.71. The minimum absolute atomic E-state index is 0.0969. The Bertz CT molecular complexity index is 845. The van der Waals surface area contributed by atoms with Crippen LogP contribution in [0.15, 0.2) is 66.7 Å². The van der Waals surface area contributed by atoms with Crippen LogP contribution in [0.1, 0.15) is 41.5 Å². The molecule has 0 aliphatic rings. The van der Waals surface area contributed by atoms with Gasteiger partial charge in [0, 0.05) is 5.69 Å². The summed E-state index contributed by atoms with van der Waals surface area (Å²) in [5, 5.41) is 14.2. The molecule has 1 atom stereocenters. The van der Waals surface area contributed by atoms with E-state index in [1.807, 2.05) is 49.4 Å². The number of aryl methyl sites for hydroxylation is 1. The quantitative estimate of drug-likeness (QED) is 0.699. The van der Waals surface area contributed by atoms with Gasteiger partial charge in [-0.05, 0) is 48.7 Å². The van der Waals surface area contributed by atoms with Crippen molar-refractivity contribution in [2.75, 3.05) is 5.32 Å². The van der Waals surface area contributed by atoms with Crippen molar-refractivity contribution in [1.82, 2.24) is 15.5 Å². The van der Waals surface area contributed by atoms with Crippen LogP contribution < -0.4 is 10.6 Å². The predicted octanol–water partition coefficient (Wildman–Crippen LogP) is 4.27. The molecule has 0 aliphatic heterocycles. The van der Waals surface area contributed by atoms with Crippen LogP contribution in [0.25, 0.3) is 0 Å². The van der Waals surface area contributed by atoms with Gasteiger partial charge in [0.25, 0.3) is 5.91 Å². The highest BCUT2D eigenvalue weighted by Gasteiger charge is 2.13. The van der Waals surface area contributed by atoms with Crippen LogP contribution in [-0.4, -0.2) is 16.1 Å². The van der Waals surface area contributed by atoms with Crippen molar-refractivity contribution >= 4 is 17.4 Å². The number of nitrogens with one attached hydrogen (secondary N) is 2. The monoisotopic (exact) mass is 346 g/mol. The SMILES string of the molecule is CCc1ccc(Nc2ccc(C(=O)NC(C)c3ccccc3)nn2)cc1. The number of hydrogen-bond donors (Lipinski definition) is 2. The number of rotatable bonds is 6. The zero-order chi connectivity index (χ0) is 18.4. The summed E-state index contributed by atoms with van der Waals surface area (Å²) in [7, 11) is 0. The smallest absolute Gasteiger partial charge is 0.272 e. The molecule has 0 saturated carbocycles. The summed E-state index contributed by atoms with van der Waals surface area (Å²) in [6, 6.07) is 21.3. The molecular weight excluding hydrogens is 324 g/mol. The summed E-state index contributed by atoms with van der Waals surface area (Å²) in [6.07, 6.45) is 1.01. The van der Waals surface area contributed by atoms with Crippen molar-refractivity contribution in [1.29, 1.82) is 0 Å². The molecule has 0 fully saturated rings. The van der Waals surface area contributed by atoms with Crippen molar-refractivity contribution in [2.24, 2.45) is 0 Å². The van der Waals surface area contributed by atoms with E-state index in [2.05, 4.69) is 39.9 Å². The Kier molecular flexibility index (Phi) is 5.59. The molecule has 0 saturated heterocycles. The van der Waals surface area contributed by atoms with Gasteiger partial charge in [0.05, 0.1) is 6.04 Å². The van der Waals surface area contributed by atoms with Crippen molar-refractivity contribution in [3.05, 3.63) is 83.6 Å². The lowest BCUT2D eigenvalue weighted by Crippen LogP contribution is -2.27. The summed E-state index contributed by atoms with van der Waals surface area (Å²) in [5.41, 5.74) is 3.55. The first kappa shape index (κ1) is 17.6. The van der Waals surface area contributed by atoms with E-state index in [4.69, 9.17) is 0 Å². The first-order chi connectivity index (χ1) is 12.7. The Morgan fingerprint density at radius 3 is 2.31 bits per heavy atom. The summed E-state index contributed by atoms with van der Waals surface area (Å²) >= 11 is 0. The van der Waals surface area contributed by atoms with Gasteiger partial charge >= 0.3 is 0 Å². The standard InChI is InChI=1S/C21H22N4O/c1-3-16-9-11-18(12-10-16)23-20-14-13-19(24-25-20)21(26)22-15(2)17-7-5-4-6-8-17/h4-15H,3H2,1-2H3,(H,22,26)(H,23,25). The molecule has 1 unspecified atom stereocenters. The molecule has 2 N–H and O–H groups in total. The average Bonchev–Trinajstić information content (AvgIpc) is 2.69. The third kappa shape index (κ3) is 4.45. The number of amides is 1. The van der Waals surface area contributed by atoms with E-state index in [0.717, 1.165) is 17.7 Å². The molecule has 1 aromatic heterocycles. The normalized spacial score (nSPS) is 11.6. The van der Waals surface area contributed by atoms with Crippen LogP contribution in [0.3, 0.4) is 0 Å². The third-order valence-electron chi connectivity index (χ3n) is 4.18. The van der Waals surface area contributed by atoms with Crippen molar-refractivity contribution in [3.63, 3.8) is 0 Å². The van der Waals surface area contributed by atoms with Gasteiger partial charge in [-0.15, -0.1) is 10.2 Å². The molecule has 26 heavy (non-hydrogen) atoms. The van der Waals surface area contributed by atoms with Crippen LogP contribution >= 0.6 is 0 Å². The molecule has 1 heterocycles. The van der Waals surface area contributed by atoms with Crippen LogP contribution in [0.5, 0.6) is 0 Å². The summed E-state index contributed by atoms with van der Waals surface area (Å²) in [5.74, 6) is 0.356. The van der Waals surface area contributed by atoms with Gasteiger partial charge < -0.3 is 10.6 Å². The lowest BCUT2D eigenvalue weighted by atomic mass is 10.1. The zero-order valence-corrected chi connectivity index (χ0v) is 14.9. The number of nitrogens with zero attached hydrogens (tertiary/aromatic N) is 2. The maximum absolute atomic E-state index is 12.3. The second-order valence-corrected chi connectivity index (χ2v) is 6.09. The number of benzene rings is 2. The highest BCUT2D eigenvalue weighted by Crippen LogP contribution is 2.16. The van der Waals surface area contributed by atoms with Crippen LogP contribution in [0.2, 0.25) is 0 Å². The second-order valence-electron chi connectivity index (χ2n) is 6.09. The Hall–Kier alpha value is -3.21. The average molecular weight is 346 g/mol. The fraction of sp³-hybridized carbons (Fsp3) is 0.190. The van der Waals surface area contributed by atoms with Crippen molar-refractivity contribution < 1.29 is 4.79 Å². The van der Waals surface area contributed by atoms with Crippen LogP contribution in [-0.2, 0) is 6.42 Å². The number of carbonyl (C=O) groups is 1. The predicted molar refractivity (Wildman–Crippen MR) is 103 cm³/mol. The van der Waals surface area contributed by atoms with Crippen molar-refractivity contribution in [2.45, 2.75) is 26.3 Å². The summed E-state index contributed by atoms with van der Waals surface area (Å²) in [6.45, 7) is 4.06. The fourth-order valence-corrected chi connectivity index (χ4v) is 2.59. The van der Waals surface area contributed by atoms with Crippen LogP contribution in [0.4, 0.5) is 11.5 Å². The lowest BCUT2D eigenvalue weighted by molar-refractivity contribution is 0.0934. The molecule has 5 heteroatoms. The topological polar surface area (TPSA) is 66.9 Å². The molecule has 5 nitrogen and oxygen atoms in total. The number of anilines is 2. The third-order valence-corrected chi connectivity index (χ3v) is 4.18. The second kappa shape index (κ2) is 8.25. The van der Waals surface area contributed by atoms with E-state index >= 15 is 0 Å². The molecule has 132 valence electrons. The van der Waals surface area contributed by atoms with Gasteiger partial charge in [0.15, 0.2) is 11.5 Å². The van der Waals surface area contributed by atoms with Gasteiger partial charge in [-0.3, -0.25) is 4.79 Å². The molecule has 2 aromatic carbocycles. The van der Waals surface area contributed by atoms with Gasteiger partial charge in [-0.25, -0.2) is 0 Å². The lowest BCUT2D eigenvalue weighted by Gasteiger charge is -2.13. The van der Waals surface area contributed by atoms with E-state index in [-0.39, 0.29) is 11.9 Å². The van der Waals surface area contributed by atoms with E-state index in [0.29, 0.717) is 11.5 Å². The van der Waals surface area contributed by atoms with Crippen LogP contribution in [0, 0.1) is 0 Å². The first-order valence-corrected chi connectivity index (χ1v) is 8.71. The minimum atomic E-state index is -0.243. The van der Waals surface area contributed by atoms with E-state index in [1.165, 1.54) is 5.56 Å². The highest BCUT2D eigenvalue weighted by molar-refractivity contribution is 5.92. The zero-order valence-electron chi connectivity index (χ0n) is 14.9. The molecule has 1 amide bonds. The maximum atomic E-state index is 12.3. The largest absolute Gasteiger partial charge is 0.344 e. The Morgan fingerprint density at radius 1 is 0.962 bits per heavy atom. The molecule has 3 aromatic rings. The molecule has 0 radical (unpaired) electrons. The maximum Gasteiger partial charge on any atom is 0.272 e. The molecule has 0 aliphatic carbocycles. The van der Waals surface area contributed by atoms with Gasteiger partial charge in [0.2, 0.25) is 0 Å². The Balaban J connectivity index is 1.62. The fourth-order valence-electron chi connectivity index (χ4n) is 2.59. The van der Waals surface area contributed by atoms with E-state index in [1.54, 1.807) is 12.1 Å². The van der Waals surface area contributed by atoms with Gasteiger partial charge in [-0.2, -0.15) is 0 Å². The summed E-state index contributed by atoms with van der Waals surface area (Å²) < 4.78 is 0. The van der Waals surface area contributed by atoms with Gasteiger partial charge in [-0.1, -0.05) is 49.4 Å². The number of aromatic nitrogens is 2. The molecule has 0 spiro atoms. The molecule has 0 bridgehead atoms. The molecule has 3 rings (SSSR count). The molecular formula is C21H22N4O. The van der Waals surface area contributed by atoms with Crippen molar-refractivity contribution in [3.8, 4) is 0 Å².